The Morgan fingerprint density at radius 2 is 1.56 bits per heavy atom. The lowest BCUT2D eigenvalue weighted by atomic mass is 9.68. The number of hydrogen-bond donors (Lipinski definition) is 1. The first kappa shape index (κ1) is 20.2. The Morgan fingerprint density at radius 1 is 1.00 bits per heavy atom. The number of piperidine rings is 1. The van der Waals surface area contributed by atoms with Gasteiger partial charge in [0.25, 0.3) is 0 Å². The number of nitrogens with one attached hydrogen (secondary N) is 1. The molecule has 0 atom stereocenters. The van der Waals surface area contributed by atoms with Gasteiger partial charge >= 0.3 is 0 Å². The number of amides is 1. The first-order chi connectivity index (χ1) is 12.7. The molecule has 1 heterocycles. The second kappa shape index (κ2) is 7.85. The summed E-state index contributed by atoms with van der Waals surface area (Å²) in [5.74, 6) is 0.110. The Bertz CT molecular complexity index is 647. The zero-order valence-electron chi connectivity index (χ0n) is 18.1. The maximum absolute atomic E-state index is 12.4. The molecule has 1 saturated carbocycles. The number of carbonyl (C=O) groups is 1. The topological polar surface area (TPSA) is 32.3 Å². The van der Waals surface area contributed by atoms with Crippen molar-refractivity contribution in [3.05, 3.63) is 23.3 Å². The van der Waals surface area contributed by atoms with Crippen molar-refractivity contribution >= 4 is 17.3 Å². The fourth-order valence-corrected chi connectivity index (χ4v) is 5.03. The van der Waals surface area contributed by atoms with Crippen LogP contribution >= 0.6 is 0 Å². The molecule has 2 fully saturated rings. The van der Waals surface area contributed by atoms with Crippen molar-refractivity contribution in [2.75, 3.05) is 23.3 Å². The molecule has 150 valence electrons. The van der Waals surface area contributed by atoms with Gasteiger partial charge in [-0.2, -0.15) is 0 Å². The lowest BCUT2D eigenvalue weighted by molar-refractivity contribution is -0.117. The van der Waals surface area contributed by atoms with Crippen molar-refractivity contribution in [3.8, 4) is 0 Å². The van der Waals surface area contributed by atoms with Gasteiger partial charge in [0.15, 0.2) is 0 Å². The molecule has 1 N–H and O–H groups in total. The number of rotatable bonds is 3. The van der Waals surface area contributed by atoms with Gasteiger partial charge in [-0.25, -0.2) is 0 Å². The molecule has 3 rings (SSSR count). The minimum atomic E-state index is 0.00864. The van der Waals surface area contributed by atoms with Crippen LogP contribution in [0.5, 0.6) is 0 Å². The third kappa shape index (κ3) is 5.06. The zero-order chi connectivity index (χ0) is 19.7. The van der Waals surface area contributed by atoms with Crippen LogP contribution < -0.4 is 10.2 Å². The lowest BCUT2D eigenvalue weighted by Gasteiger charge is -2.45. The highest BCUT2D eigenvalue weighted by molar-refractivity contribution is 5.93. The second-order valence-electron chi connectivity index (χ2n) is 10.3. The van der Waals surface area contributed by atoms with E-state index in [0.717, 1.165) is 5.69 Å². The Labute approximate surface area is 165 Å². The van der Waals surface area contributed by atoms with Crippen molar-refractivity contribution in [2.45, 2.75) is 86.0 Å². The summed E-state index contributed by atoms with van der Waals surface area (Å²) in [4.78, 5) is 14.9. The molecule has 1 aliphatic carbocycles. The van der Waals surface area contributed by atoms with E-state index in [1.807, 2.05) is 0 Å². The predicted octanol–water partition coefficient (Wildman–Crippen LogP) is 6.23. The summed E-state index contributed by atoms with van der Waals surface area (Å²) in [7, 11) is 0. The first-order valence-electron chi connectivity index (χ1n) is 10.8. The van der Waals surface area contributed by atoms with Crippen molar-refractivity contribution < 1.29 is 4.79 Å². The van der Waals surface area contributed by atoms with Crippen LogP contribution in [0.25, 0.3) is 0 Å². The van der Waals surface area contributed by atoms with Gasteiger partial charge < -0.3 is 10.2 Å². The average molecular weight is 371 g/mol. The molecule has 1 aromatic rings. The quantitative estimate of drug-likeness (QED) is 0.684. The minimum Gasteiger partial charge on any atom is -0.371 e. The number of benzene rings is 1. The monoisotopic (exact) mass is 370 g/mol. The molecule has 3 heteroatoms. The van der Waals surface area contributed by atoms with E-state index in [2.05, 4.69) is 57.0 Å². The van der Waals surface area contributed by atoms with E-state index in [1.165, 1.54) is 74.8 Å². The van der Waals surface area contributed by atoms with Crippen molar-refractivity contribution in [2.24, 2.45) is 10.8 Å². The predicted molar refractivity (Wildman–Crippen MR) is 116 cm³/mol. The summed E-state index contributed by atoms with van der Waals surface area (Å²) in [5, 5.41) is 3.15. The van der Waals surface area contributed by atoms with E-state index in [1.54, 1.807) is 0 Å². The summed E-state index contributed by atoms with van der Waals surface area (Å²) < 4.78 is 0. The van der Waals surface area contributed by atoms with E-state index in [0.29, 0.717) is 11.8 Å². The molecule has 0 unspecified atom stereocenters. The fourth-order valence-electron chi connectivity index (χ4n) is 5.03. The summed E-state index contributed by atoms with van der Waals surface area (Å²) in [6.45, 7) is 12.9. The van der Waals surface area contributed by atoms with Gasteiger partial charge in [-0.15, -0.1) is 0 Å². The van der Waals surface area contributed by atoms with Crippen LogP contribution in [0, 0.1) is 24.7 Å². The molecular weight excluding hydrogens is 332 g/mol. The summed E-state index contributed by atoms with van der Waals surface area (Å²) in [6, 6.07) is 4.52. The normalized spacial score (nSPS) is 20.0. The van der Waals surface area contributed by atoms with Crippen molar-refractivity contribution in [1.29, 1.82) is 0 Å². The second-order valence-corrected chi connectivity index (χ2v) is 10.3. The highest BCUT2D eigenvalue weighted by atomic mass is 16.1. The van der Waals surface area contributed by atoms with E-state index < -0.39 is 0 Å². The molecule has 0 radical (unpaired) electrons. The van der Waals surface area contributed by atoms with Gasteiger partial charge in [0.1, 0.15) is 0 Å². The molecule has 1 aliphatic heterocycles. The maximum atomic E-state index is 12.4. The van der Waals surface area contributed by atoms with E-state index in [9.17, 15) is 4.79 Å². The largest absolute Gasteiger partial charge is 0.371 e. The summed E-state index contributed by atoms with van der Waals surface area (Å²) >= 11 is 0. The molecule has 1 aromatic carbocycles. The van der Waals surface area contributed by atoms with Crippen LogP contribution in [0.3, 0.4) is 0 Å². The van der Waals surface area contributed by atoms with E-state index >= 15 is 0 Å². The van der Waals surface area contributed by atoms with Crippen molar-refractivity contribution in [1.82, 2.24) is 0 Å². The van der Waals surface area contributed by atoms with Crippen molar-refractivity contribution in [3.63, 3.8) is 0 Å². The molecule has 0 bridgehead atoms. The number of carbonyl (C=O) groups excluding carboxylic acids is 1. The zero-order valence-corrected chi connectivity index (χ0v) is 18.1. The van der Waals surface area contributed by atoms with E-state index in [-0.39, 0.29) is 11.3 Å². The third-order valence-electron chi connectivity index (χ3n) is 6.58. The van der Waals surface area contributed by atoms with Gasteiger partial charge in [-0.05, 0) is 73.6 Å². The minimum absolute atomic E-state index is 0.00864. The third-order valence-corrected chi connectivity index (χ3v) is 6.58. The number of aryl methyl sites for hydroxylation is 2. The Morgan fingerprint density at radius 3 is 2.07 bits per heavy atom. The van der Waals surface area contributed by atoms with Crippen LogP contribution in [0.15, 0.2) is 12.1 Å². The Kier molecular flexibility index (Phi) is 5.88. The van der Waals surface area contributed by atoms with Crippen LogP contribution in [0.4, 0.5) is 11.4 Å². The van der Waals surface area contributed by atoms with Gasteiger partial charge in [0.2, 0.25) is 5.91 Å². The molecular formula is C24H38N2O. The number of nitrogens with zero attached hydrogens (tertiary/aromatic N) is 1. The first-order valence-corrected chi connectivity index (χ1v) is 10.8. The smallest absolute Gasteiger partial charge is 0.224 e. The molecule has 1 saturated heterocycles. The highest BCUT2D eigenvalue weighted by Crippen LogP contribution is 2.45. The maximum Gasteiger partial charge on any atom is 0.224 e. The molecule has 1 spiro atoms. The summed E-state index contributed by atoms with van der Waals surface area (Å²) in [5.41, 5.74) is 5.31. The highest BCUT2D eigenvalue weighted by Gasteiger charge is 2.35. The van der Waals surface area contributed by atoms with Crippen LogP contribution in [-0.2, 0) is 4.79 Å². The molecule has 3 nitrogen and oxygen atoms in total. The number of anilines is 2. The van der Waals surface area contributed by atoms with Crippen LogP contribution in [0.2, 0.25) is 0 Å². The number of hydrogen-bond acceptors (Lipinski definition) is 2. The molecule has 27 heavy (non-hydrogen) atoms. The Hall–Kier alpha value is -1.51. The lowest BCUT2D eigenvalue weighted by Crippen LogP contribution is -2.41. The standard InChI is InChI=1S/C24H38N2O/c1-18-15-20(16-19(2)22(18)25-21(27)17-23(3,4)5)26-13-11-24(12-14-26)9-7-6-8-10-24/h15-16H,6-14,17H2,1-5H3,(H,25,27). The molecule has 2 aliphatic rings. The van der Waals surface area contributed by atoms with Gasteiger partial charge in [0, 0.05) is 30.9 Å². The fraction of sp³-hybridized carbons (Fsp3) is 0.708. The SMILES string of the molecule is Cc1cc(N2CCC3(CCCCC3)CC2)cc(C)c1NC(=O)CC(C)(C)C. The van der Waals surface area contributed by atoms with Crippen LogP contribution in [0.1, 0.15) is 83.3 Å². The summed E-state index contributed by atoms with van der Waals surface area (Å²) in [6.07, 6.45) is 10.4. The average Bonchev–Trinajstić information content (AvgIpc) is 2.58. The van der Waals surface area contributed by atoms with E-state index in [4.69, 9.17) is 0 Å². The van der Waals surface area contributed by atoms with Gasteiger partial charge in [-0.3, -0.25) is 4.79 Å². The molecule has 0 aromatic heterocycles. The van der Waals surface area contributed by atoms with Crippen LogP contribution in [-0.4, -0.2) is 19.0 Å². The Balaban J connectivity index is 1.67. The van der Waals surface area contributed by atoms with Gasteiger partial charge in [0.05, 0.1) is 0 Å². The molecule has 1 amide bonds. The van der Waals surface area contributed by atoms with Gasteiger partial charge in [-0.1, -0.05) is 40.0 Å².